The molecule has 6 heteroatoms. The van der Waals surface area contributed by atoms with Crippen LogP contribution in [0.2, 0.25) is 0 Å². The lowest BCUT2D eigenvalue weighted by atomic mass is 10.1. The summed E-state index contributed by atoms with van der Waals surface area (Å²) in [5.41, 5.74) is 5.71. The van der Waals surface area contributed by atoms with Crippen molar-refractivity contribution in [2.75, 3.05) is 11.9 Å². The van der Waals surface area contributed by atoms with E-state index in [4.69, 9.17) is 10.8 Å². The molecular formula is C12H15BrN2O3. The number of carboxylic acid groups (broad SMARTS) is 1. The maximum atomic E-state index is 11.6. The molecular weight excluding hydrogens is 300 g/mol. The molecule has 0 spiro atoms. The Balaban J connectivity index is 2.73. The third kappa shape index (κ3) is 4.46. The van der Waals surface area contributed by atoms with Gasteiger partial charge in [-0.15, -0.1) is 0 Å². The molecule has 0 fully saturated rings. The largest absolute Gasteiger partial charge is 0.478 e. The van der Waals surface area contributed by atoms with E-state index in [1.165, 1.54) is 6.07 Å². The Morgan fingerprint density at radius 3 is 2.67 bits per heavy atom. The van der Waals surface area contributed by atoms with Crippen LogP contribution in [0.5, 0.6) is 0 Å². The fourth-order valence-corrected chi connectivity index (χ4v) is 1.81. The van der Waals surface area contributed by atoms with Crippen LogP contribution >= 0.6 is 15.9 Å². The van der Waals surface area contributed by atoms with Crippen molar-refractivity contribution in [1.29, 1.82) is 0 Å². The lowest BCUT2D eigenvalue weighted by molar-refractivity contribution is -0.116. The van der Waals surface area contributed by atoms with Gasteiger partial charge < -0.3 is 16.2 Å². The summed E-state index contributed by atoms with van der Waals surface area (Å²) in [6.07, 6.45) is 1.80. The summed E-state index contributed by atoms with van der Waals surface area (Å²) in [7, 11) is 0. The minimum absolute atomic E-state index is 0.0744. The summed E-state index contributed by atoms with van der Waals surface area (Å²) in [5.74, 6) is -1.27. The van der Waals surface area contributed by atoms with Crippen molar-refractivity contribution in [2.45, 2.75) is 19.3 Å². The van der Waals surface area contributed by atoms with Crippen molar-refractivity contribution in [3.63, 3.8) is 0 Å². The van der Waals surface area contributed by atoms with Gasteiger partial charge in [-0.3, -0.25) is 4.79 Å². The van der Waals surface area contributed by atoms with E-state index in [1.807, 2.05) is 0 Å². The highest BCUT2D eigenvalue weighted by molar-refractivity contribution is 9.10. The molecule has 4 N–H and O–H groups in total. The second kappa shape index (κ2) is 7.13. The molecule has 0 aromatic heterocycles. The zero-order valence-corrected chi connectivity index (χ0v) is 11.4. The third-order valence-corrected chi connectivity index (χ3v) is 2.84. The van der Waals surface area contributed by atoms with Gasteiger partial charge in [-0.25, -0.2) is 4.79 Å². The van der Waals surface area contributed by atoms with E-state index in [9.17, 15) is 9.59 Å². The summed E-state index contributed by atoms with van der Waals surface area (Å²) in [6, 6.07) is 4.64. The van der Waals surface area contributed by atoms with Gasteiger partial charge in [0.05, 0.1) is 11.3 Å². The maximum absolute atomic E-state index is 11.6. The molecule has 0 aliphatic carbocycles. The second-order valence-corrected chi connectivity index (χ2v) is 4.70. The summed E-state index contributed by atoms with van der Waals surface area (Å²) >= 11 is 3.24. The number of aromatic carboxylic acids is 1. The Bertz CT molecular complexity index is 449. The van der Waals surface area contributed by atoms with E-state index in [-0.39, 0.29) is 11.5 Å². The molecule has 0 bridgehead atoms. The fourth-order valence-electron chi connectivity index (χ4n) is 1.45. The van der Waals surface area contributed by atoms with Crippen LogP contribution in [0.4, 0.5) is 5.69 Å². The van der Waals surface area contributed by atoms with Crippen LogP contribution in [-0.4, -0.2) is 23.5 Å². The molecule has 0 saturated heterocycles. The number of nitrogens with two attached hydrogens (primary N) is 1. The van der Waals surface area contributed by atoms with Crippen molar-refractivity contribution < 1.29 is 14.7 Å². The number of halogens is 1. The lowest BCUT2D eigenvalue weighted by Gasteiger charge is -2.08. The van der Waals surface area contributed by atoms with Gasteiger partial charge in [0.1, 0.15) is 0 Å². The average Bonchev–Trinajstić information content (AvgIpc) is 2.29. The lowest BCUT2D eigenvalue weighted by Crippen LogP contribution is -2.14. The molecule has 1 rings (SSSR count). The average molecular weight is 315 g/mol. The zero-order valence-electron chi connectivity index (χ0n) is 9.78. The molecule has 0 radical (unpaired) electrons. The van der Waals surface area contributed by atoms with Crippen LogP contribution in [0, 0.1) is 0 Å². The first-order valence-corrected chi connectivity index (χ1v) is 6.36. The Labute approximate surface area is 113 Å². The summed E-state index contributed by atoms with van der Waals surface area (Å²) in [5, 5.41) is 11.6. The number of benzene rings is 1. The highest BCUT2D eigenvalue weighted by Crippen LogP contribution is 2.21. The predicted molar refractivity (Wildman–Crippen MR) is 72.6 cm³/mol. The molecule has 0 unspecified atom stereocenters. The van der Waals surface area contributed by atoms with Crippen molar-refractivity contribution in [1.82, 2.24) is 0 Å². The van der Waals surface area contributed by atoms with Crippen molar-refractivity contribution >= 4 is 33.5 Å². The van der Waals surface area contributed by atoms with E-state index >= 15 is 0 Å². The minimum atomic E-state index is -1.07. The van der Waals surface area contributed by atoms with Crippen LogP contribution in [0.3, 0.4) is 0 Å². The number of anilines is 1. The zero-order chi connectivity index (χ0) is 13.5. The van der Waals surface area contributed by atoms with E-state index in [1.54, 1.807) is 12.1 Å². The molecule has 1 aromatic carbocycles. The van der Waals surface area contributed by atoms with Crippen LogP contribution < -0.4 is 11.1 Å². The summed E-state index contributed by atoms with van der Waals surface area (Å²) in [6.45, 7) is 0.546. The topological polar surface area (TPSA) is 92.4 Å². The van der Waals surface area contributed by atoms with Gasteiger partial charge >= 0.3 is 5.97 Å². The molecule has 0 saturated carbocycles. The minimum Gasteiger partial charge on any atom is -0.478 e. The summed E-state index contributed by atoms with van der Waals surface area (Å²) < 4.78 is 0.713. The monoisotopic (exact) mass is 314 g/mol. The van der Waals surface area contributed by atoms with Gasteiger partial charge in [-0.1, -0.05) is 15.9 Å². The van der Waals surface area contributed by atoms with E-state index in [0.29, 0.717) is 29.5 Å². The van der Waals surface area contributed by atoms with Gasteiger partial charge in [0.2, 0.25) is 5.91 Å². The number of carboxylic acids is 1. The molecule has 1 aromatic rings. The molecule has 98 valence electrons. The SMILES string of the molecule is NCCCCC(=O)Nc1cc(Br)ccc1C(=O)O. The van der Waals surface area contributed by atoms with Gasteiger partial charge in [-0.05, 0) is 37.6 Å². The quantitative estimate of drug-likeness (QED) is 0.702. The second-order valence-electron chi connectivity index (χ2n) is 3.79. The highest BCUT2D eigenvalue weighted by Gasteiger charge is 2.12. The van der Waals surface area contributed by atoms with Gasteiger partial charge in [0.15, 0.2) is 0 Å². The normalized spacial score (nSPS) is 10.1. The van der Waals surface area contributed by atoms with Crippen molar-refractivity contribution in [3.05, 3.63) is 28.2 Å². The van der Waals surface area contributed by atoms with Gasteiger partial charge in [0, 0.05) is 10.9 Å². The third-order valence-electron chi connectivity index (χ3n) is 2.34. The Kier molecular flexibility index (Phi) is 5.80. The van der Waals surface area contributed by atoms with Crippen molar-refractivity contribution in [3.8, 4) is 0 Å². The van der Waals surface area contributed by atoms with Crippen LogP contribution in [0.1, 0.15) is 29.6 Å². The molecule has 0 aliphatic heterocycles. The first-order chi connectivity index (χ1) is 8.54. The Hall–Kier alpha value is -1.40. The highest BCUT2D eigenvalue weighted by atomic mass is 79.9. The number of nitrogens with one attached hydrogen (secondary N) is 1. The molecule has 18 heavy (non-hydrogen) atoms. The van der Waals surface area contributed by atoms with Crippen LogP contribution in [0.25, 0.3) is 0 Å². The standard InChI is InChI=1S/C12H15BrN2O3/c13-8-4-5-9(12(17)18)10(7-8)15-11(16)3-1-2-6-14/h4-5,7H,1-3,6,14H2,(H,15,16)(H,17,18). The number of hydrogen-bond acceptors (Lipinski definition) is 3. The summed E-state index contributed by atoms with van der Waals surface area (Å²) in [4.78, 5) is 22.6. The van der Waals surface area contributed by atoms with Crippen molar-refractivity contribution in [2.24, 2.45) is 5.73 Å². The predicted octanol–water partition coefficient (Wildman–Crippen LogP) is 2.21. The molecule has 0 atom stereocenters. The molecule has 1 amide bonds. The number of rotatable bonds is 6. The van der Waals surface area contributed by atoms with Gasteiger partial charge in [0.25, 0.3) is 0 Å². The first kappa shape index (κ1) is 14.7. The number of carbonyl (C=O) groups is 2. The van der Waals surface area contributed by atoms with E-state index < -0.39 is 5.97 Å². The smallest absolute Gasteiger partial charge is 0.337 e. The Morgan fingerprint density at radius 2 is 2.06 bits per heavy atom. The van der Waals surface area contributed by atoms with Gasteiger partial charge in [-0.2, -0.15) is 0 Å². The number of amides is 1. The molecule has 5 nitrogen and oxygen atoms in total. The molecule has 0 aliphatic rings. The Morgan fingerprint density at radius 1 is 1.33 bits per heavy atom. The number of hydrogen-bond donors (Lipinski definition) is 3. The number of unbranched alkanes of at least 4 members (excludes halogenated alkanes) is 1. The molecule has 0 heterocycles. The van der Waals surface area contributed by atoms with E-state index in [2.05, 4.69) is 21.2 Å². The van der Waals surface area contributed by atoms with Crippen LogP contribution in [0.15, 0.2) is 22.7 Å². The maximum Gasteiger partial charge on any atom is 0.337 e. The van der Waals surface area contributed by atoms with E-state index in [0.717, 1.165) is 6.42 Å². The number of carbonyl (C=O) groups excluding carboxylic acids is 1. The van der Waals surface area contributed by atoms with Crippen LogP contribution in [-0.2, 0) is 4.79 Å². The fraction of sp³-hybridized carbons (Fsp3) is 0.333. The first-order valence-electron chi connectivity index (χ1n) is 5.57.